The molecule has 28 heavy (non-hydrogen) atoms. The largest absolute Gasteiger partial charge is 0.458 e. The second-order valence-corrected chi connectivity index (χ2v) is 6.80. The number of aliphatic hydroxyl groups excluding tert-OH is 3. The summed E-state index contributed by atoms with van der Waals surface area (Å²) >= 11 is 5.96. The number of imidazole rings is 1. The zero-order chi connectivity index (χ0) is 19.8. The minimum Gasteiger partial charge on any atom is -0.458 e. The molecular weight excluding hydrogens is 390 g/mol. The first-order valence-electron chi connectivity index (χ1n) is 8.47. The summed E-state index contributed by atoms with van der Waals surface area (Å²) in [5.41, 5.74) is 7.35. The molecule has 1 aliphatic rings. The fourth-order valence-corrected chi connectivity index (χ4v) is 3.27. The van der Waals surface area contributed by atoms with Gasteiger partial charge in [0.25, 0.3) is 0 Å². The van der Waals surface area contributed by atoms with Crippen molar-refractivity contribution in [1.29, 1.82) is 0 Å². The summed E-state index contributed by atoms with van der Waals surface area (Å²) in [5.74, 6) is 0.0941. The van der Waals surface area contributed by atoms with Crippen LogP contribution < -0.4 is 10.5 Å². The van der Waals surface area contributed by atoms with Crippen molar-refractivity contribution >= 4 is 28.6 Å². The highest BCUT2D eigenvalue weighted by Gasteiger charge is 2.44. The predicted octanol–water partition coefficient (Wildman–Crippen LogP) is 0.252. The average molecular weight is 408 g/mol. The van der Waals surface area contributed by atoms with Gasteiger partial charge in [-0.05, 0) is 17.7 Å². The minimum atomic E-state index is -1.28. The number of hydrogen-bond donors (Lipinski definition) is 4. The van der Waals surface area contributed by atoms with Crippen LogP contribution in [-0.2, 0) is 11.3 Å². The van der Waals surface area contributed by atoms with Gasteiger partial charge in [0.2, 0.25) is 0 Å². The van der Waals surface area contributed by atoms with Gasteiger partial charge in [0.05, 0.1) is 12.9 Å². The van der Waals surface area contributed by atoms with Gasteiger partial charge in [-0.15, -0.1) is 0 Å². The molecule has 1 saturated heterocycles. The highest BCUT2D eigenvalue weighted by Crippen LogP contribution is 2.32. The minimum absolute atomic E-state index is 0.0125. The Morgan fingerprint density at radius 3 is 2.79 bits per heavy atom. The van der Waals surface area contributed by atoms with Crippen LogP contribution in [0.15, 0.2) is 30.6 Å². The molecule has 10 nitrogen and oxygen atoms in total. The van der Waals surface area contributed by atoms with Gasteiger partial charge in [0.15, 0.2) is 23.2 Å². The van der Waals surface area contributed by atoms with Crippen LogP contribution in [0.5, 0.6) is 6.01 Å². The number of hydrogen-bond acceptors (Lipinski definition) is 9. The molecule has 11 heteroatoms. The molecule has 148 valence electrons. The van der Waals surface area contributed by atoms with E-state index in [1.807, 2.05) is 6.07 Å². The number of nitrogens with zero attached hydrogens (tertiary/aromatic N) is 4. The van der Waals surface area contributed by atoms with Crippen LogP contribution in [-0.4, -0.2) is 59.8 Å². The molecule has 0 radical (unpaired) electrons. The van der Waals surface area contributed by atoms with E-state index < -0.39 is 31.1 Å². The van der Waals surface area contributed by atoms with E-state index >= 15 is 0 Å². The molecule has 0 saturated carbocycles. The van der Waals surface area contributed by atoms with E-state index in [-0.39, 0.29) is 24.1 Å². The van der Waals surface area contributed by atoms with E-state index in [2.05, 4.69) is 15.0 Å². The number of nitrogen functional groups attached to an aromatic ring is 1. The molecule has 4 atom stereocenters. The van der Waals surface area contributed by atoms with E-state index in [1.54, 1.807) is 18.2 Å². The Balaban J connectivity index is 1.63. The van der Waals surface area contributed by atoms with Crippen LogP contribution in [0.2, 0.25) is 5.02 Å². The standard InChI is InChI=1S/C17H18ClN5O5/c18-9-3-1-2-8(4-9)6-27-17-21-14(19)11-15(22-17)23(7-20-11)16-13(26)12(25)10(5-24)28-16/h1-4,7,10,12-13,16,24-26H,5-6H2,(H2,19,21,22)/t10-,12-,13-,16-/m1/s1. The Kier molecular flexibility index (Phi) is 5.04. The quantitative estimate of drug-likeness (QED) is 0.466. The third-order valence-corrected chi connectivity index (χ3v) is 4.71. The molecule has 3 aromatic rings. The maximum atomic E-state index is 10.3. The molecule has 0 aliphatic carbocycles. The number of rotatable bonds is 5. The molecule has 0 unspecified atom stereocenters. The maximum Gasteiger partial charge on any atom is 0.320 e. The van der Waals surface area contributed by atoms with Gasteiger partial charge < -0.3 is 30.5 Å². The second-order valence-electron chi connectivity index (χ2n) is 6.36. The highest BCUT2D eigenvalue weighted by molar-refractivity contribution is 6.30. The monoisotopic (exact) mass is 407 g/mol. The van der Waals surface area contributed by atoms with Crippen molar-refractivity contribution in [3.05, 3.63) is 41.2 Å². The van der Waals surface area contributed by atoms with Crippen molar-refractivity contribution < 1.29 is 24.8 Å². The lowest BCUT2D eigenvalue weighted by atomic mass is 10.1. The average Bonchev–Trinajstić information content (AvgIpc) is 3.22. The van der Waals surface area contributed by atoms with Crippen molar-refractivity contribution in [2.45, 2.75) is 31.1 Å². The summed E-state index contributed by atoms with van der Waals surface area (Å²) in [6.07, 6.45) is -3.06. The zero-order valence-electron chi connectivity index (χ0n) is 14.5. The first-order chi connectivity index (χ1) is 13.5. The second kappa shape index (κ2) is 7.49. The van der Waals surface area contributed by atoms with E-state index in [4.69, 9.17) is 26.8 Å². The summed E-state index contributed by atoms with van der Waals surface area (Å²) in [6, 6.07) is 7.17. The first-order valence-corrected chi connectivity index (χ1v) is 8.85. The van der Waals surface area contributed by atoms with Gasteiger partial charge in [-0.25, -0.2) is 4.98 Å². The number of aromatic nitrogens is 4. The molecule has 2 aromatic heterocycles. The molecule has 3 heterocycles. The predicted molar refractivity (Wildman–Crippen MR) is 98.5 cm³/mol. The van der Waals surface area contributed by atoms with E-state index in [1.165, 1.54) is 10.9 Å². The van der Waals surface area contributed by atoms with Crippen molar-refractivity contribution in [3.63, 3.8) is 0 Å². The number of benzene rings is 1. The summed E-state index contributed by atoms with van der Waals surface area (Å²) in [7, 11) is 0. The molecule has 1 aromatic carbocycles. The smallest absolute Gasteiger partial charge is 0.320 e. The third-order valence-electron chi connectivity index (χ3n) is 4.48. The van der Waals surface area contributed by atoms with Crippen LogP contribution in [0.3, 0.4) is 0 Å². The molecule has 5 N–H and O–H groups in total. The lowest BCUT2D eigenvalue weighted by molar-refractivity contribution is -0.0511. The molecule has 0 bridgehead atoms. The zero-order valence-corrected chi connectivity index (χ0v) is 15.3. The molecule has 1 aliphatic heterocycles. The van der Waals surface area contributed by atoms with Gasteiger partial charge in [-0.2, -0.15) is 9.97 Å². The summed E-state index contributed by atoms with van der Waals surface area (Å²) in [6.45, 7) is -0.264. The summed E-state index contributed by atoms with van der Waals surface area (Å²) < 4.78 is 12.6. The first kappa shape index (κ1) is 18.8. The van der Waals surface area contributed by atoms with Crippen LogP contribution in [0.1, 0.15) is 11.8 Å². The van der Waals surface area contributed by atoms with Crippen LogP contribution >= 0.6 is 11.6 Å². The van der Waals surface area contributed by atoms with Gasteiger partial charge in [0.1, 0.15) is 24.9 Å². The number of halogens is 1. The van der Waals surface area contributed by atoms with Crippen LogP contribution in [0, 0.1) is 0 Å². The van der Waals surface area contributed by atoms with Crippen molar-refractivity contribution in [2.24, 2.45) is 0 Å². The highest BCUT2D eigenvalue weighted by atomic mass is 35.5. The Hall–Kier alpha value is -2.50. The molecular formula is C17H18ClN5O5. The van der Waals surface area contributed by atoms with Crippen molar-refractivity contribution in [3.8, 4) is 6.01 Å². The van der Waals surface area contributed by atoms with Crippen molar-refractivity contribution in [2.75, 3.05) is 12.3 Å². The fraction of sp³-hybridized carbons (Fsp3) is 0.353. The molecule has 1 fully saturated rings. The van der Waals surface area contributed by atoms with Gasteiger partial charge >= 0.3 is 6.01 Å². The molecule has 0 amide bonds. The van der Waals surface area contributed by atoms with Gasteiger partial charge in [-0.3, -0.25) is 4.57 Å². The summed E-state index contributed by atoms with van der Waals surface area (Å²) in [5, 5.41) is 30.1. The normalized spacial score (nSPS) is 24.7. The van der Waals surface area contributed by atoms with E-state index in [0.29, 0.717) is 10.5 Å². The number of fused-ring (bicyclic) bond motifs is 1. The third kappa shape index (κ3) is 3.36. The number of aliphatic hydroxyl groups is 3. The number of anilines is 1. The van der Waals surface area contributed by atoms with E-state index in [9.17, 15) is 15.3 Å². The Morgan fingerprint density at radius 1 is 1.25 bits per heavy atom. The Bertz CT molecular complexity index is 999. The number of nitrogens with two attached hydrogens (primary N) is 1. The maximum absolute atomic E-state index is 10.3. The fourth-order valence-electron chi connectivity index (χ4n) is 3.05. The topological polar surface area (TPSA) is 149 Å². The number of ether oxygens (including phenoxy) is 2. The van der Waals surface area contributed by atoms with Gasteiger partial charge in [-0.1, -0.05) is 23.7 Å². The lowest BCUT2D eigenvalue weighted by Crippen LogP contribution is -2.33. The van der Waals surface area contributed by atoms with Crippen LogP contribution in [0.25, 0.3) is 11.2 Å². The Labute approximate surface area is 164 Å². The molecule has 0 spiro atoms. The van der Waals surface area contributed by atoms with E-state index in [0.717, 1.165) is 5.56 Å². The van der Waals surface area contributed by atoms with Crippen LogP contribution in [0.4, 0.5) is 5.82 Å². The SMILES string of the molecule is Nc1nc(OCc2cccc(Cl)c2)nc2c1ncn2[C@@H]1O[C@H](CO)[C@@H](O)[C@H]1O. The van der Waals surface area contributed by atoms with Crippen molar-refractivity contribution in [1.82, 2.24) is 19.5 Å². The van der Waals surface area contributed by atoms with Gasteiger partial charge in [0, 0.05) is 5.02 Å². The summed E-state index contributed by atoms with van der Waals surface area (Å²) in [4.78, 5) is 12.5. The molecule has 4 rings (SSSR count). The Morgan fingerprint density at radius 2 is 2.07 bits per heavy atom. The lowest BCUT2D eigenvalue weighted by Gasteiger charge is -2.16.